The molecule has 112 valence electrons. The number of ether oxygens (including phenoxy) is 1. The van der Waals surface area contributed by atoms with Gasteiger partial charge < -0.3 is 10.1 Å². The molecule has 0 aromatic heterocycles. The normalized spacial score (nSPS) is 12.1. The highest BCUT2D eigenvalue weighted by molar-refractivity contribution is 5.27. The Balaban J connectivity index is 1.75. The molecule has 2 rings (SSSR count). The lowest BCUT2D eigenvalue weighted by atomic mass is 9.99. The third-order valence-corrected chi connectivity index (χ3v) is 3.92. The van der Waals surface area contributed by atoms with Crippen LogP contribution >= 0.6 is 0 Å². The SMILES string of the molecule is CNC(CCCCc1ccc(OC)cc1)c1ccccc1. The minimum atomic E-state index is 0.460. The summed E-state index contributed by atoms with van der Waals surface area (Å²) in [4.78, 5) is 0. The smallest absolute Gasteiger partial charge is 0.118 e. The van der Waals surface area contributed by atoms with E-state index in [1.54, 1.807) is 7.11 Å². The van der Waals surface area contributed by atoms with Crippen LogP contribution in [0.2, 0.25) is 0 Å². The minimum Gasteiger partial charge on any atom is -0.497 e. The van der Waals surface area contributed by atoms with Crippen molar-refractivity contribution in [1.82, 2.24) is 5.32 Å². The molecule has 0 bridgehead atoms. The molecular formula is C19H25NO. The topological polar surface area (TPSA) is 21.3 Å². The maximum atomic E-state index is 5.18. The van der Waals surface area contributed by atoms with E-state index >= 15 is 0 Å². The van der Waals surface area contributed by atoms with Crippen LogP contribution in [-0.4, -0.2) is 14.2 Å². The maximum Gasteiger partial charge on any atom is 0.118 e. The largest absolute Gasteiger partial charge is 0.497 e. The number of hydrogen-bond acceptors (Lipinski definition) is 2. The van der Waals surface area contributed by atoms with E-state index in [1.807, 2.05) is 19.2 Å². The molecule has 1 unspecified atom stereocenters. The average molecular weight is 283 g/mol. The van der Waals surface area contributed by atoms with Gasteiger partial charge in [0.05, 0.1) is 7.11 Å². The summed E-state index contributed by atoms with van der Waals surface area (Å²) in [6.45, 7) is 0. The summed E-state index contributed by atoms with van der Waals surface area (Å²) in [5, 5.41) is 3.42. The molecule has 2 aromatic carbocycles. The number of benzene rings is 2. The standard InChI is InChI=1S/C19H25NO/c1-20-19(17-9-4-3-5-10-17)11-7-6-8-16-12-14-18(21-2)15-13-16/h3-5,9-10,12-15,19-20H,6-8,11H2,1-2H3. The fourth-order valence-electron chi connectivity index (χ4n) is 2.63. The van der Waals surface area contributed by atoms with Gasteiger partial charge in [0.1, 0.15) is 5.75 Å². The van der Waals surface area contributed by atoms with E-state index in [1.165, 1.54) is 30.4 Å². The Hall–Kier alpha value is -1.80. The van der Waals surface area contributed by atoms with Crippen LogP contribution in [0.1, 0.15) is 36.4 Å². The molecule has 1 atom stereocenters. The zero-order valence-electron chi connectivity index (χ0n) is 13.0. The van der Waals surface area contributed by atoms with Crippen LogP contribution in [0.5, 0.6) is 5.75 Å². The summed E-state index contributed by atoms with van der Waals surface area (Å²) in [5.74, 6) is 0.929. The zero-order chi connectivity index (χ0) is 14.9. The summed E-state index contributed by atoms with van der Waals surface area (Å²) >= 11 is 0. The van der Waals surface area contributed by atoms with E-state index in [0.29, 0.717) is 6.04 Å². The molecule has 0 spiro atoms. The van der Waals surface area contributed by atoms with Crippen LogP contribution in [0.4, 0.5) is 0 Å². The van der Waals surface area contributed by atoms with Gasteiger partial charge >= 0.3 is 0 Å². The van der Waals surface area contributed by atoms with Crippen LogP contribution in [0.3, 0.4) is 0 Å². The lowest BCUT2D eigenvalue weighted by Crippen LogP contribution is -2.16. The molecule has 2 nitrogen and oxygen atoms in total. The van der Waals surface area contributed by atoms with Gasteiger partial charge in [-0.2, -0.15) is 0 Å². The van der Waals surface area contributed by atoms with Crippen LogP contribution in [-0.2, 0) is 6.42 Å². The number of nitrogens with one attached hydrogen (secondary N) is 1. The highest BCUT2D eigenvalue weighted by Gasteiger charge is 2.07. The van der Waals surface area contributed by atoms with Crippen molar-refractivity contribution in [3.05, 3.63) is 65.7 Å². The molecule has 0 saturated heterocycles. The molecule has 0 amide bonds. The van der Waals surface area contributed by atoms with E-state index in [2.05, 4.69) is 47.8 Å². The number of unbranched alkanes of at least 4 members (excludes halogenated alkanes) is 1. The molecule has 1 N–H and O–H groups in total. The summed E-state index contributed by atoms with van der Waals surface area (Å²) < 4.78 is 5.18. The second kappa shape index (κ2) is 8.48. The highest BCUT2D eigenvalue weighted by Crippen LogP contribution is 2.20. The molecule has 0 heterocycles. The highest BCUT2D eigenvalue weighted by atomic mass is 16.5. The molecule has 0 saturated carbocycles. The van der Waals surface area contributed by atoms with Crippen molar-refractivity contribution >= 4 is 0 Å². The average Bonchev–Trinajstić information content (AvgIpc) is 2.56. The monoisotopic (exact) mass is 283 g/mol. The Bertz CT molecular complexity index is 507. The molecule has 2 heteroatoms. The summed E-state index contributed by atoms with van der Waals surface area (Å²) in [5.41, 5.74) is 2.76. The van der Waals surface area contributed by atoms with E-state index in [0.717, 1.165) is 12.2 Å². The molecule has 0 aliphatic carbocycles. The van der Waals surface area contributed by atoms with Gasteiger partial charge in [0.25, 0.3) is 0 Å². The second-order valence-corrected chi connectivity index (χ2v) is 5.35. The lowest BCUT2D eigenvalue weighted by molar-refractivity contribution is 0.414. The lowest BCUT2D eigenvalue weighted by Gasteiger charge is -2.16. The van der Waals surface area contributed by atoms with Gasteiger partial charge in [0.15, 0.2) is 0 Å². The molecule has 21 heavy (non-hydrogen) atoms. The third kappa shape index (κ3) is 4.91. The fourth-order valence-corrected chi connectivity index (χ4v) is 2.63. The van der Waals surface area contributed by atoms with Gasteiger partial charge in [-0.3, -0.25) is 0 Å². The summed E-state index contributed by atoms with van der Waals surface area (Å²) in [6.07, 6.45) is 4.76. The van der Waals surface area contributed by atoms with Gasteiger partial charge in [0.2, 0.25) is 0 Å². The van der Waals surface area contributed by atoms with E-state index in [-0.39, 0.29) is 0 Å². The van der Waals surface area contributed by atoms with Gasteiger partial charge in [-0.1, -0.05) is 48.9 Å². The van der Waals surface area contributed by atoms with Crippen molar-refractivity contribution in [2.45, 2.75) is 31.7 Å². The van der Waals surface area contributed by atoms with Crippen LogP contribution in [0.15, 0.2) is 54.6 Å². The van der Waals surface area contributed by atoms with Crippen molar-refractivity contribution in [2.24, 2.45) is 0 Å². The Morgan fingerprint density at radius 2 is 1.67 bits per heavy atom. The summed E-state index contributed by atoms with van der Waals surface area (Å²) in [7, 11) is 3.75. The summed E-state index contributed by atoms with van der Waals surface area (Å²) in [6, 6.07) is 19.5. The van der Waals surface area contributed by atoms with Crippen LogP contribution in [0, 0.1) is 0 Å². The number of aryl methyl sites for hydroxylation is 1. The fraction of sp³-hybridized carbons (Fsp3) is 0.368. The number of methoxy groups -OCH3 is 1. The maximum absolute atomic E-state index is 5.18. The molecule has 2 aromatic rings. The van der Waals surface area contributed by atoms with Gasteiger partial charge in [-0.05, 0) is 49.6 Å². The third-order valence-electron chi connectivity index (χ3n) is 3.92. The first-order valence-corrected chi connectivity index (χ1v) is 7.68. The van der Waals surface area contributed by atoms with E-state index in [9.17, 15) is 0 Å². The first-order valence-electron chi connectivity index (χ1n) is 7.68. The predicted molar refractivity (Wildman–Crippen MR) is 88.8 cm³/mol. The Morgan fingerprint density at radius 3 is 2.29 bits per heavy atom. The molecule has 0 aliphatic rings. The van der Waals surface area contributed by atoms with Crippen LogP contribution in [0.25, 0.3) is 0 Å². The second-order valence-electron chi connectivity index (χ2n) is 5.35. The predicted octanol–water partition coefficient (Wildman–Crippen LogP) is 4.37. The van der Waals surface area contributed by atoms with Crippen molar-refractivity contribution in [3.8, 4) is 5.75 Å². The Labute approximate surface area is 128 Å². The van der Waals surface area contributed by atoms with Crippen molar-refractivity contribution in [1.29, 1.82) is 0 Å². The van der Waals surface area contributed by atoms with Crippen molar-refractivity contribution in [2.75, 3.05) is 14.2 Å². The quantitative estimate of drug-likeness (QED) is 0.726. The van der Waals surface area contributed by atoms with E-state index < -0.39 is 0 Å². The van der Waals surface area contributed by atoms with Gasteiger partial charge in [-0.15, -0.1) is 0 Å². The molecule has 0 radical (unpaired) electrons. The molecule has 0 aliphatic heterocycles. The first kappa shape index (κ1) is 15.6. The molecular weight excluding hydrogens is 258 g/mol. The Kier molecular flexibility index (Phi) is 6.29. The van der Waals surface area contributed by atoms with Crippen molar-refractivity contribution < 1.29 is 4.74 Å². The Morgan fingerprint density at radius 1 is 0.952 bits per heavy atom. The van der Waals surface area contributed by atoms with Crippen LogP contribution < -0.4 is 10.1 Å². The number of hydrogen-bond donors (Lipinski definition) is 1. The first-order chi connectivity index (χ1) is 10.3. The van der Waals surface area contributed by atoms with Gasteiger partial charge in [-0.25, -0.2) is 0 Å². The zero-order valence-corrected chi connectivity index (χ0v) is 13.0. The van der Waals surface area contributed by atoms with E-state index in [4.69, 9.17) is 4.74 Å². The number of rotatable bonds is 8. The van der Waals surface area contributed by atoms with Gasteiger partial charge in [0, 0.05) is 6.04 Å². The van der Waals surface area contributed by atoms with Crippen molar-refractivity contribution in [3.63, 3.8) is 0 Å². The minimum absolute atomic E-state index is 0.460. The molecule has 0 fully saturated rings.